The van der Waals surface area contributed by atoms with Gasteiger partial charge in [0.1, 0.15) is 0 Å². The number of halogens is 1. The highest BCUT2D eigenvalue weighted by Gasteiger charge is 2.52. The first-order valence-electron chi connectivity index (χ1n) is 10.2. The number of hydrogen-bond acceptors (Lipinski definition) is 5. The molecule has 32 heavy (non-hydrogen) atoms. The zero-order valence-corrected chi connectivity index (χ0v) is 18.3. The minimum Gasteiger partial charge on any atom is -0.292 e. The van der Waals surface area contributed by atoms with Gasteiger partial charge in [0.2, 0.25) is 5.96 Å². The third-order valence-corrected chi connectivity index (χ3v) is 7.38. The lowest BCUT2D eigenvalue weighted by atomic mass is 9.86. The molecular weight excluding hydrogens is 444 g/mol. The summed E-state index contributed by atoms with van der Waals surface area (Å²) in [7, 11) is 0. The van der Waals surface area contributed by atoms with Gasteiger partial charge in [-0.3, -0.25) is 25.2 Å². The van der Waals surface area contributed by atoms with E-state index in [2.05, 4.69) is 15.8 Å². The summed E-state index contributed by atoms with van der Waals surface area (Å²) in [5.74, 6) is 0.503. The molecule has 0 radical (unpaired) electrons. The van der Waals surface area contributed by atoms with Gasteiger partial charge < -0.3 is 0 Å². The summed E-state index contributed by atoms with van der Waals surface area (Å²) in [6.07, 6.45) is 0. The minimum absolute atomic E-state index is 0.158. The number of benzene rings is 3. The Bertz CT molecular complexity index is 1260. The van der Waals surface area contributed by atoms with E-state index in [1.165, 1.54) is 11.8 Å². The Morgan fingerprint density at radius 3 is 2.19 bits per heavy atom. The predicted molar refractivity (Wildman–Crippen MR) is 125 cm³/mol. The van der Waals surface area contributed by atoms with Crippen molar-refractivity contribution in [2.45, 2.75) is 11.6 Å². The van der Waals surface area contributed by atoms with Crippen LogP contribution in [0.3, 0.4) is 0 Å². The average molecular weight is 461 g/mol. The molecule has 158 valence electrons. The molecule has 2 N–H and O–H groups in total. The van der Waals surface area contributed by atoms with E-state index < -0.39 is 5.54 Å². The molecule has 3 aromatic carbocycles. The maximum absolute atomic E-state index is 13.7. The molecule has 1 spiro atoms. The Balaban J connectivity index is 1.42. The van der Waals surface area contributed by atoms with Crippen molar-refractivity contribution in [2.75, 3.05) is 5.75 Å². The first-order chi connectivity index (χ1) is 15.6. The Morgan fingerprint density at radius 2 is 1.56 bits per heavy atom. The Kier molecular flexibility index (Phi) is 4.31. The molecule has 3 aromatic rings. The predicted octanol–water partition coefficient (Wildman–Crippen LogP) is 4.46. The lowest BCUT2D eigenvalue weighted by molar-refractivity contribution is -0.125. The fourth-order valence-corrected chi connectivity index (χ4v) is 5.83. The molecule has 8 heteroatoms. The molecule has 6 nitrogen and oxygen atoms in total. The molecule has 1 fully saturated rings. The summed E-state index contributed by atoms with van der Waals surface area (Å²) in [4.78, 5) is 28.0. The normalized spacial score (nSPS) is 20.5. The first-order valence-corrected chi connectivity index (χ1v) is 11.5. The fourth-order valence-electron chi connectivity index (χ4n) is 4.71. The van der Waals surface area contributed by atoms with Crippen LogP contribution in [0.4, 0.5) is 4.79 Å². The van der Waals surface area contributed by atoms with Gasteiger partial charge >= 0.3 is 0 Å². The van der Waals surface area contributed by atoms with Crippen LogP contribution in [0, 0.1) is 0 Å². The molecule has 6 rings (SSSR count). The smallest absolute Gasteiger partial charge is 0.289 e. The molecule has 2 amide bonds. The number of thioether (sulfide) groups is 1. The standard InChI is InChI=1S/C24H17ClN4O2S/c25-15-11-9-14(10-12-15)20-13-32-23(31)29(20)22-26-21(30)24(28-27-22)18-7-3-1-5-16(18)17-6-2-4-8-19(17)24/h1-12,20,28H,13H2,(H,26,27,30). The second-order valence-corrected chi connectivity index (χ2v) is 9.26. The van der Waals surface area contributed by atoms with Crippen molar-refractivity contribution in [2.24, 2.45) is 5.10 Å². The lowest BCUT2D eigenvalue weighted by Crippen LogP contribution is -2.61. The number of amides is 2. The highest BCUT2D eigenvalue weighted by Crippen LogP contribution is 2.48. The van der Waals surface area contributed by atoms with Gasteiger partial charge in [-0.25, -0.2) is 0 Å². The molecular formula is C24H17ClN4O2S. The molecule has 1 aliphatic carbocycles. The van der Waals surface area contributed by atoms with Crippen LogP contribution in [0.5, 0.6) is 0 Å². The number of nitrogens with one attached hydrogen (secondary N) is 2. The fraction of sp³-hybridized carbons (Fsp3) is 0.125. The zero-order chi connectivity index (χ0) is 21.9. The van der Waals surface area contributed by atoms with Gasteiger partial charge in [0.15, 0.2) is 5.54 Å². The summed E-state index contributed by atoms with van der Waals surface area (Å²) in [6, 6.07) is 22.8. The van der Waals surface area contributed by atoms with E-state index in [0.29, 0.717) is 10.8 Å². The second-order valence-electron chi connectivity index (χ2n) is 7.86. The van der Waals surface area contributed by atoms with Gasteiger partial charge in [0.05, 0.1) is 6.04 Å². The maximum Gasteiger partial charge on any atom is 0.289 e. The highest BCUT2D eigenvalue weighted by molar-refractivity contribution is 8.13. The molecule has 1 saturated heterocycles. The van der Waals surface area contributed by atoms with Gasteiger partial charge in [-0.1, -0.05) is 84.0 Å². The molecule has 2 heterocycles. The Hall–Kier alpha value is -3.29. The van der Waals surface area contributed by atoms with Crippen molar-refractivity contribution in [1.82, 2.24) is 15.6 Å². The third-order valence-electron chi connectivity index (χ3n) is 6.20. The van der Waals surface area contributed by atoms with Crippen LogP contribution in [0.25, 0.3) is 11.1 Å². The van der Waals surface area contributed by atoms with Crippen LogP contribution >= 0.6 is 23.4 Å². The second kappa shape index (κ2) is 7.12. The molecule has 1 atom stereocenters. The van der Waals surface area contributed by atoms with Crippen LogP contribution < -0.4 is 10.7 Å². The number of hydrogen-bond donors (Lipinski definition) is 2. The van der Waals surface area contributed by atoms with Gasteiger partial charge in [0, 0.05) is 21.9 Å². The van der Waals surface area contributed by atoms with E-state index in [4.69, 9.17) is 11.6 Å². The van der Waals surface area contributed by atoms with Crippen LogP contribution in [-0.2, 0) is 10.3 Å². The lowest BCUT2D eigenvalue weighted by Gasteiger charge is -2.36. The van der Waals surface area contributed by atoms with Crippen molar-refractivity contribution in [1.29, 1.82) is 0 Å². The van der Waals surface area contributed by atoms with E-state index in [-0.39, 0.29) is 23.1 Å². The quantitative estimate of drug-likeness (QED) is 0.562. The van der Waals surface area contributed by atoms with Gasteiger partial charge in [-0.05, 0) is 28.8 Å². The SMILES string of the molecule is O=C1SCC(c2ccc(Cl)cc2)N1C1=NNC2(C(=O)N1)c1ccccc1-c1ccccc12. The van der Waals surface area contributed by atoms with Crippen LogP contribution in [0.2, 0.25) is 5.02 Å². The molecule has 0 saturated carbocycles. The van der Waals surface area contributed by atoms with Crippen LogP contribution in [-0.4, -0.2) is 27.8 Å². The number of fused-ring (bicyclic) bond motifs is 5. The molecule has 2 aliphatic heterocycles. The van der Waals surface area contributed by atoms with Crippen LogP contribution in [0.15, 0.2) is 77.9 Å². The summed E-state index contributed by atoms with van der Waals surface area (Å²) >= 11 is 7.23. The third kappa shape index (κ3) is 2.64. The summed E-state index contributed by atoms with van der Waals surface area (Å²) in [5, 5.41) is 7.94. The molecule has 1 unspecified atom stereocenters. The van der Waals surface area contributed by atoms with E-state index >= 15 is 0 Å². The number of guanidine groups is 1. The molecule has 0 bridgehead atoms. The number of hydrazone groups is 1. The first kappa shape index (κ1) is 19.4. The minimum atomic E-state index is -1.14. The number of rotatable bonds is 1. The summed E-state index contributed by atoms with van der Waals surface area (Å²) < 4.78 is 0. The van der Waals surface area contributed by atoms with E-state index in [1.54, 1.807) is 17.0 Å². The number of carbonyl (C=O) groups excluding carboxylic acids is 2. The Morgan fingerprint density at radius 1 is 0.938 bits per heavy atom. The van der Waals surface area contributed by atoms with Gasteiger partial charge in [0.25, 0.3) is 11.1 Å². The van der Waals surface area contributed by atoms with Crippen molar-refractivity contribution < 1.29 is 9.59 Å². The van der Waals surface area contributed by atoms with E-state index in [1.807, 2.05) is 60.7 Å². The summed E-state index contributed by atoms with van der Waals surface area (Å²) in [5.41, 5.74) is 6.62. The number of carbonyl (C=O) groups is 2. The van der Waals surface area contributed by atoms with Gasteiger partial charge in [-0.2, -0.15) is 0 Å². The highest BCUT2D eigenvalue weighted by atomic mass is 35.5. The van der Waals surface area contributed by atoms with E-state index in [9.17, 15) is 9.59 Å². The topological polar surface area (TPSA) is 73.8 Å². The van der Waals surface area contributed by atoms with Crippen molar-refractivity contribution in [3.8, 4) is 11.1 Å². The average Bonchev–Trinajstić information content (AvgIpc) is 3.33. The Labute approximate surface area is 193 Å². The van der Waals surface area contributed by atoms with E-state index in [0.717, 1.165) is 27.8 Å². The van der Waals surface area contributed by atoms with Crippen LogP contribution in [0.1, 0.15) is 22.7 Å². The monoisotopic (exact) mass is 460 g/mol. The zero-order valence-electron chi connectivity index (χ0n) is 16.7. The van der Waals surface area contributed by atoms with Gasteiger partial charge in [-0.15, -0.1) is 5.10 Å². The largest absolute Gasteiger partial charge is 0.292 e. The summed E-state index contributed by atoms with van der Waals surface area (Å²) in [6.45, 7) is 0. The number of nitrogens with zero attached hydrogens (tertiary/aromatic N) is 2. The molecule has 0 aromatic heterocycles. The maximum atomic E-state index is 13.7. The van der Waals surface area contributed by atoms with Crippen molar-refractivity contribution in [3.05, 3.63) is 94.5 Å². The van der Waals surface area contributed by atoms with Crippen molar-refractivity contribution >= 4 is 40.5 Å². The molecule has 3 aliphatic rings. The van der Waals surface area contributed by atoms with Crippen molar-refractivity contribution in [3.63, 3.8) is 0 Å².